The van der Waals surface area contributed by atoms with Crippen LogP contribution in [-0.2, 0) is 0 Å². The highest BCUT2D eigenvalue weighted by atomic mass is 35.5. The van der Waals surface area contributed by atoms with Gasteiger partial charge < -0.3 is 16.4 Å². The van der Waals surface area contributed by atoms with Crippen LogP contribution in [0.4, 0.5) is 0 Å². The molecule has 4 nitrogen and oxygen atoms in total. The Morgan fingerprint density at radius 1 is 1.38 bits per heavy atom. The number of nitrogens with two attached hydrogens (primary N) is 2. The second kappa shape index (κ2) is 7.24. The molecule has 1 fully saturated rings. The van der Waals surface area contributed by atoms with Crippen LogP contribution in [0.3, 0.4) is 0 Å². The molecule has 80 valence electrons. The zero-order valence-corrected chi connectivity index (χ0v) is 9.16. The smallest absolute Gasteiger partial charge is 0.188 e. The lowest BCUT2D eigenvalue weighted by atomic mass is 10.0. The quantitative estimate of drug-likeness (QED) is 0.453. The molecular formula is C7H18Cl2N4. The van der Waals surface area contributed by atoms with Gasteiger partial charge >= 0.3 is 0 Å². The highest BCUT2D eigenvalue weighted by Crippen LogP contribution is 2.14. The van der Waals surface area contributed by atoms with E-state index in [1.807, 2.05) is 4.90 Å². The second-order valence-electron chi connectivity index (χ2n) is 2.96. The third-order valence-corrected chi connectivity index (χ3v) is 2.21. The Morgan fingerprint density at radius 3 is 2.38 bits per heavy atom. The van der Waals surface area contributed by atoms with Gasteiger partial charge in [-0.25, -0.2) is 0 Å². The summed E-state index contributed by atoms with van der Waals surface area (Å²) in [5, 5.41) is 7.27. The fourth-order valence-electron chi connectivity index (χ4n) is 1.56. The molecule has 0 aromatic rings. The summed E-state index contributed by atoms with van der Waals surface area (Å²) in [7, 11) is 0. The molecule has 1 rings (SSSR count). The predicted molar refractivity (Wildman–Crippen MR) is 59.8 cm³/mol. The zero-order chi connectivity index (χ0) is 8.27. The van der Waals surface area contributed by atoms with Crippen LogP contribution < -0.4 is 11.5 Å². The van der Waals surface area contributed by atoms with Crippen LogP contribution in [0.2, 0.25) is 0 Å². The van der Waals surface area contributed by atoms with Crippen molar-refractivity contribution in [1.29, 1.82) is 5.41 Å². The fourth-order valence-corrected chi connectivity index (χ4v) is 1.56. The lowest BCUT2D eigenvalue weighted by Gasteiger charge is -2.35. The Kier molecular flexibility index (Phi) is 8.51. The van der Waals surface area contributed by atoms with Crippen LogP contribution in [0.15, 0.2) is 0 Å². The van der Waals surface area contributed by atoms with Gasteiger partial charge in [0.15, 0.2) is 5.96 Å². The van der Waals surface area contributed by atoms with Crippen LogP contribution in [-0.4, -0.2) is 30.0 Å². The summed E-state index contributed by atoms with van der Waals surface area (Å²) in [6.45, 7) is 1.51. The van der Waals surface area contributed by atoms with Crippen molar-refractivity contribution in [2.24, 2.45) is 11.5 Å². The molecule has 1 aliphatic heterocycles. The molecule has 0 bridgehead atoms. The molecule has 1 aliphatic rings. The first-order valence-corrected chi connectivity index (χ1v) is 4.06. The molecule has 0 amide bonds. The number of rotatable bonds is 1. The first kappa shape index (κ1) is 15.3. The molecule has 1 heterocycles. The van der Waals surface area contributed by atoms with Crippen molar-refractivity contribution >= 4 is 30.8 Å². The Morgan fingerprint density at radius 2 is 2.00 bits per heavy atom. The van der Waals surface area contributed by atoms with E-state index in [0.717, 1.165) is 19.4 Å². The summed E-state index contributed by atoms with van der Waals surface area (Å²) in [5.74, 6) is 0.167. The monoisotopic (exact) mass is 228 g/mol. The van der Waals surface area contributed by atoms with E-state index < -0.39 is 0 Å². The molecule has 1 saturated heterocycles. The Balaban J connectivity index is 0. The van der Waals surface area contributed by atoms with Crippen molar-refractivity contribution in [1.82, 2.24) is 4.90 Å². The summed E-state index contributed by atoms with van der Waals surface area (Å²) in [6.07, 6.45) is 3.43. The number of hydrogen-bond acceptors (Lipinski definition) is 2. The maximum atomic E-state index is 7.27. The van der Waals surface area contributed by atoms with Crippen molar-refractivity contribution in [3.63, 3.8) is 0 Å². The molecule has 0 aromatic carbocycles. The lowest BCUT2D eigenvalue weighted by molar-refractivity contribution is 0.243. The van der Waals surface area contributed by atoms with Crippen molar-refractivity contribution < 1.29 is 0 Å². The van der Waals surface area contributed by atoms with E-state index >= 15 is 0 Å². The maximum absolute atomic E-state index is 7.27. The van der Waals surface area contributed by atoms with E-state index in [1.54, 1.807) is 0 Å². The Bertz CT molecular complexity index is 153. The normalized spacial score (nSPS) is 21.3. The van der Waals surface area contributed by atoms with Crippen molar-refractivity contribution in [2.75, 3.05) is 13.1 Å². The summed E-state index contributed by atoms with van der Waals surface area (Å²) >= 11 is 0. The van der Waals surface area contributed by atoms with Crippen molar-refractivity contribution in [3.8, 4) is 0 Å². The van der Waals surface area contributed by atoms with Gasteiger partial charge in [-0.05, 0) is 19.3 Å². The molecule has 0 radical (unpaired) electrons. The number of piperidine rings is 1. The highest BCUT2D eigenvalue weighted by molar-refractivity contribution is 5.85. The zero-order valence-electron chi connectivity index (χ0n) is 7.53. The molecule has 5 N–H and O–H groups in total. The summed E-state index contributed by atoms with van der Waals surface area (Å²) in [5.41, 5.74) is 10.9. The Labute approximate surface area is 91.4 Å². The molecule has 6 heteroatoms. The van der Waals surface area contributed by atoms with Crippen LogP contribution in [0.1, 0.15) is 19.3 Å². The number of likely N-dealkylation sites (tertiary alicyclic amines) is 1. The second-order valence-corrected chi connectivity index (χ2v) is 2.96. The first-order valence-electron chi connectivity index (χ1n) is 4.06. The van der Waals surface area contributed by atoms with Crippen LogP contribution in [0.25, 0.3) is 0 Å². The van der Waals surface area contributed by atoms with Gasteiger partial charge in [0.25, 0.3) is 0 Å². The maximum Gasteiger partial charge on any atom is 0.188 e. The topological polar surface area (TPSA) is 79.1 Å². The van der Waals surface area contributed by atoms with E-state index in [1.165, 1.54) is 6.42 Å². The molecule has 0 spiro atoms. The summed E-state index contributed by atoms with van der Waals surface area (Å²) < 4.78 is 0. The van der Waals surface area contributed by atoms with Crippen molar-refractivity contribution in [2.45, 2.75) is 25.3 Å². The lowest BCUT2D eigenvalue weighted by Crippen LogP contribution is -2.50. The van der Waals surface area contributed by atoms with E-state index in [0.29, 0.717) is 12.6 Å². The minimum absolute atomic E-state index is 0. The van der Waals surface area contributed by atoms with E-state index in [9.17, 15) is 0 Å². The molecule has 1 atom stereocenters. The molecule has 0 aromatic heterocycles. The highest BCUT2D eigenvalue weighted by Gasteiger charge is 2.21. The van der Waals surface area contributed by atoms with Crippen LogP contribution in [0, 0.1) is 5.41 Å². The van der Waals surface area contributed by atoms with Crippen LogP contribution in [0.5, 0.6) is 0 Å². The van der Waals surface area contributed by atoms with Crippen LogP contribution >= 0.6 is 24.8 Å². The third kappa shape index (κ3) is 4.02. The third-order valence-electron chi connectivity index (χ3n) is 2.21. The number of hydrogen-bond donors (Lipinski definition) is 3. The van der Waals surface area contributed by atoms with Gasteiger partial charge in [0.1, 0.15) is 0 Å². The first-order chi connectivity index (χ1) is 5.25. The standard InChI is InChI=1S/C7H16N4.2ClH/c8-5-6-3-1-2-4-11(6)7(9)10;;/h6H,1-5,8H2,(H3,9,10);2*1H/t6-;;/m0../s1. The van der Waals surface area contributed by atoms with Gasteiger partial charge in [0.05, 0.1) is 0 Å². The number of halogens is 2. The summed E-state index contributed by atoms with van der Waals surface area (Å²) in [4.78, 5) is 1.89. The average molecular weight is 229 g/mol. The van der Waals surface area contributed by atoms with E-state index in [-0.39, 0.29) is 30.8 Å². The van der Waals surface area contributed by atoms with Gasteiger partial charge in [-0.2, -0.15) is 0 Å². The van der Waals surface area contributed by atoms with Gasteiger partial charge in [0.2, 0.25) is 0 Å². The van der Waals surface area contributed by atoms with Gasteiger partial charge in [-0.3, -0.25) is 5.41 Å². The van der Waals surface area contributed by atoms with E-state index in [2.05, 4.69) is 0 Å². The SMILES string of the molecule is Cl.Cl.N=C(N)N1CCCC[C@H]1CN. The predicted octanol–water partition coefficient (Wildman–Crippen LogP) is 0.537. The molecule has 0 unspecified atom stereocenters. The minimum Gasteiger partial charge on any atom is -0.370 e. The van der Waals surface area contributed by atoms with Gasteiger partial charge in [0, 0.05) is 19.1 Å². The van der Waals surface area contributed by atoms with Crippen molar-refractivity contribution in [3.05, 3.63) is 0 Å². The largest absolute Gasteiger partial charge is 0.370 e. The Hall–Kier alpha value is -0.190. The van der Waals surface area contributed by atoms with Gasteiger partial charge in [-0.15, -0.1) is 24.8 Å². The number of nitrogens with zero attached hydrogens (tertiary/aromatic N) is 1. The molecule has 0 saturated carbocycles. The minimum atomic E-state index is 0. The number of nitrogens with one attached hydrogen (secondary N) is 1. The molecule has 13 heavy (non-hydrogen) atoms. The molecular weight excluding hydrogens is 211 g/mol. The summed E-state index contributed by atoms with van der Waals surface area (Å²) in [6, 6.07) is 0.307. The molecule has 0 aliphatic carbocycles. The number of guanidine groups is 1. The fraction of sp³-hybridized carbons (Fsp3) is 0.857. The van der Waals surface area contributed by atoms with E-state index in [4.69, 9.17) is 16.9 Å². The van der Waals surface area contributed by atoms with Gasteiger partial charge in [-0.1, -0.05) is 0 Å². The average Bonchev–Trinajstić information content (AvgIpc) is 2.04.